The summed E-state index contributed by atoms with van der Waals surface area (Å²) >= 11 is 0. The summed E-state index contributed by atoms with van der Waals surface area (Å²) in [5.74, 6) is 0.271. The first-order chi connectivity index (χ1) is 8.65. The molecule has 0 bridgehead atoms. The summed E-state index contributed by atoms with van der Waals surface area (Å²) in [7, 11) is 3.21. The highest BCUT2D eigenvalue weighted by atomic mass is 35.7. The molecule has 0 unspecified atom stereocenters. The quantitative estimate of drug-likeness (QED) is 0.758. The molecule has 0 heterocycles. The van der Waals surface area contributed by atoms with E-state index in [2.05, 4.69) is 0 Å². The van der Waals surface area contributed by atoms with Gasteiger partial charge in [-0.05, 0) is 38.5 Å². The molecule has 1 rings (SSSR count). The number of halogens is 1. The van der Waals surface area contributed by atoms with Crippen LogP contribution >= 0.6 is 10.7 Å². The van der Waals surface area contributed by atoms with E-state index in [-0.39, 0.29) is 16.2 Å². The van der Waals surface area contributed by atoms with Crippen molar-refractivity contribution in [3.05, 3.63) is 23.8 Å². The zero-order chi connectivity index (χ0) is 14.7. The van der Waals surface area contributed by atoms with Crippen LogP contribution in [0.4, 0.5) is 0 Å². The van der Waals surface area contributed by atoms with Gasteiger partial charge in [0.1, 0.15) is 10.6 Å². The van der Waals surface area contributed by atoms with Gasteiger partial charge < -0.3 is 9.47 Å². The summed E-state index contributed by atoms with van der Waals surface area (Å²) in [6.07, 6.45) is 0.638. The Morgan fingerprint density at radius 2 is 1.95 bits per heavy atom. The molecule has 0 saturated heterocycles. The van der Waals surface area contributed by atoms with Crippen molar-refractivity contribution in [1.29, 1.82) is 0 Å². The van der Waals surface area contributed by atoms with Crippen LogP contribution in [0.2, 0.25) is 0 Å². The number of ether oxygens (including phenoxy) is 2. The normalized spacial score (nSPS) is 12.5. The van der Waals surface area contributed by atoms with Gasteiger partial charge >= 0.3 is 0 Å². The number of hydrogen-bond acceptors (Lipinski definition) is 4. The van der Waals surface area contributed by atoms with Gasteiger partial charge in [-0.25, -0.2) is 8.42 Å². The van der Waals surface area contributed by atoms with Gasteiger partial charge in [0.25, 0.3) is 9.05 Å². The third-order valence-corrected chi connectivity index (χ3v) is 4.22. The Hall–Kier alpha value is -0.780. The topological polar surface area (TPSA) is 52.6 Å². The van der Waals surface area contributed by atoms with Crippen molar-refractivity contribution in [3.63, 3.8) is 0 Å². The molecule has 108 valence electrons. The van der Waals surface area contributed by atoms with E-state index >= 15 is 0 Å². The predicted molar refractivity (Wildman–Crippen MR) is 75.4 cm³/mol. The lowest BCUT2D eigenvalue weighted by atomic mass is 10.1. The molecule has 0 aliphatic rings. The van der Waals surface area contributed by atoms with E-state index in [0.29, 0.717) is 13.0 Å². The fraction of sp³-hybridized carbons (Fsp3) is 0.538. The Balaban J connectivity index is 2.85. The minimum Gasteiger partial charge on any atom is -0.492 e. The largest absolute Gasteiger partial charge is 0.492 e. The number of benzene rings is 1. The average Bonchev–Trinajstić information content (AvgIpc) is 2.29. The Morgan fingerprint density at radius 1 is 1.32 bits per heavy atom. The highest BCUT2D eigenvalue weighted by Gasteiger charge is 2.19. The lowest BCUT2D eigenvalue weighted by Gasteiger charge is -2.22. The molecule has 0 aromatic heterocycles. The third-order valence-electron chi connectivity index (χ3n) is 2.88. The van der Waals surface area contributed by atoms with Gasteiger partial charge in [0.05, 0.1) is 12.2 Å². The minimum atomic E-state index is -3.81. The van der Waals surface area contributed by atoms with E-state index in [1.165, 1.54) is 6.07 Å². The maximum absolute atomic E-state index is 11.5. The van der Waals surface area contributed by atoms with Gasteiger partial charge in [-0.3, -0.25) is 0 Å². The van der Waals surface area contributed by atoms with E-state index in [1.54, 1.807) is 26.2 Å². The predicted octanol–water partition coefficient (Wildman–Crippen LogP) is 3.12. The average molecular weight is 307 g/mol. The van der Waals surface area contributed by atoms with Crippen molar-refractivity contribution in [2.24, 2.45) is 0 Å². The second-order valence-corrected chi connectivity index (χ2v) is 7.48. The fourth-order valence-corrected chi connectivity index (χ4v) is 2.49. The smallest absolute Gasteiger partial charge is 0.264 e. The second kappa shape index (κ2) is 6.11. The van der Waals surface area contributed by atoms with Crippen LogP contribution in [0.1, 0.15) is 25.8 Å². The first-order valence-electron chi connectivity index (χ1n) is 5.89. The second-order valence-electron chi connectivity index (χ2n) is 4.95. The molecule has 0 saturated carbocycles. The zero-order valence-electron chi connectivity index (χ0n) is 11.6. The molecule has 0 amide bonds. The highest BCUT2D eigenvalue weighted by Crippen LogP contribution is 2.28. The summed E-state index contributed by atoms with van der Waals surface area (Å²) in [6, 6.07) is 4.89. The highest BCUT2D eigenvalue weighted by molar-refractivity contribution is 8.13. The van der Waals surface area contributed by atoms with Crippen LogP contribution in [-0.2, 0) is 13.8 Å². The fourth-order valence-electron chi connectivity index (χ4n) is 1.43. The molecule has 1 aromatic rings. The lowest BCUT2D eigenvalue weighted by molar-refractivity contribution is 0.00523. The first kappa shape index (κ1) is 16.3. The molecule has 0 spiro atoms. The van der Waals surface area contributed by atoms with E-state index in [1.807, 2.05) is 13.8 Å². The van der Waals surface area contributed by atoms with Gasteiger partial charge in [-0.1, -0.05) is 6.07 Å². The van der Waals surface area contributed by atoms with Crippen molar-refractivity contribution < 1.29 is 17.9 Å². The van der Waals surface area contributed by atoms with Crippen molar-refractivity contribution in [1.82, 2.24) is 0 Å². The Morgan fingerprint density at radius 3 is 2.47 bits per heavy atom. The first-order valence-corrected chi connectivity index (χ1v) is 8.20. The van der Waals surface area contributed by atoms with Gasteiger partial charge in [0.2, 0.25) is 0 Å². The molecule has 0 radical (unpaired) electrons. The van der Waals surface area contributed by atoms with Crippen molar-refractivity contribution in [2.45, 2.75) is 37.7 Å². The summed E-state index contributed by atoms with van der Waals surface area (Å²) in [4.78, 5) is 0.00406. The van der Waals surface area contributed by atoms with Crippen LogP contribution < -0.4 is 4.74 Å². The van der Waals surface area contributed by atoms with Crippen LogP contribution in [-0.4, -0.2) is 27.7 Å². The Labute approximate surface area is 119 Å². The number of hydrogen-bond donors (Lipinski definition) is 0. The molecular weight excluding hydrogens is 288 g/mol. The van der Waals surface area contributed by atoms with E-state index in [0.717, 1.165) is 5.56 Å². The molecule has 4 nitrogen and oxygen atoms in total. The molecule has 0 aliphatic heterocycles. The summed E-state index contributed by atoms with van der Waals surface area (Å²) in [6.45, 7) is 6.02. The van der Waals surface area contributed by atoms with Gasteiger partial charge in [-0.15, -0.1) is 0 Å². The van der Waals surface area contributed by atoms with E-state index in [4.69, 9.17) is 20.2 Å². The number of methoxy groups -OCH3 is 1. The van der Waals surface area contributed by atoms with Gasteiger partial charge in [-0.2, -0.15) is 0 Å². The third kappa shape index (κ3) is 5.01. The SMILES string of the molecule is COC(C)(C)CCOc1ccc(C)cc1S(=O)(=O)Cl. The van der Waals surface area contributed by atoms with Gasteiger partial charge in [0.15, 0.2) is 0 Å². The zero-order valence-corrected chi connectivity index (χ0v) is 13.1. The molecule has 1 aromatic carbocycles. The maximum atomic E-state index is 11.5. The lowest BCUT2D eigenvalue weighted by Crippen LogP contribution is -2.25. The molecule has 6 heteroatoms. The van der Waals surface area contributed by atoms with Crippen LogP contribution in [0.25, 0.3) is 0 Å². The molecule has 0 aliphatic carbocycles. The summed E-state index contributed by atoms with van der Waals surface area (Å²) < 4.78 is 33.7. The van der Waals surface area contributed by atoms with Gasteiger partial charge in [0, 0.05) is 24.2 Å². The molecule has 0 fully saturated rings. The molecular formula is C13H19ClO4S. The van der Waals surface area contributed by atoms with Crippen LogP contribution in [0, 0.1) is 6.92 Å². The number of rotatable bonds is 6. The van der Waals surface area contributed by atoms with E-state index in [9.17, 15) is 8.42 Å². The van der Waals surface area contributed by atoms with Crippen LogP contribution in [0.3, 0.4) is 0 Å². The summed E-state index contributed by atoms with van der Waals surface area (Å²) in [5, 5.41) is 0. The summed E-state index contributed by atoms with van der Waals surface area (Å²) in [5.41, 5.74) is 0.494. The van der Waals surface area contributed by atoms with Crippen molar-refractivity contribution in [3.8, 4) is 5.75 Å². The van der Waals surface area contributed by atoms with Crippen LogP contribution in [0.15, 0.2) is 23.1 Å². The van der Waals surface area contributed by atoms with Crippen LogP contribution in [0.5, 0.6) is 5.75 Å². The van der Waals surface area contributed by atoms with Crippen molar-refractivity contribution in [2.75, 3.05) is 13.7 Å². The Bertz CT molecular complexity index is 538. The maximum Gasteiger partial charge on any atom is 0.264 e. The van der Waals surface area contributed by atoms with E-state index < -0.39 is 9.05 Å². The van der Waals surface area contributed by atoms with Crippen molar-refractivity contribution >= 4 is 19.7 Å². The monoisotopic (exact) mass is 306 g/mol. The number of aryl methyl sites for hydroxylation is 1. The standard InChI is InChI=1S/C13H19ClO4S/c1-10-5-6-11(12(9-10)19(14,15)16)18-8-7-13(2,3)17-4/h5-6,9H,7-8H2,1-4H3. The molecule has 0 N–H and O–H groups in total. The molecule has 0 atom stereocenters. The molecule has 19 heavy (non-hydrogen) atoms. The Kier molecular flexibility index (Phi) is 5.24. The minimum absolute atomic E-state index is 0.00406.